The van der Waals surface area contributed by atoms with Crippen LogP contribution >= 0.6 is 0 Å². The van der Waals surface area contributed by atoms with Crippen molar-refractivity contribution >= 4 is 10.9 Å². The van der Waals surface area contributed by atoms with Crippen molar-refractivity contribution in [3.8, 4) is 5.88 Å². The van der Waals surface area contributed by atoms with E-state index in [2.05, 4.69) is 4.98 Å². The number of aliphatic hydroxyl groups excluding tert-OH is 1. The van der Waals surface area contributed by atoms with Crippen LogP contribution in [-0.2, 0) is 11.3 Å². The number of hydrogen-bond donors (Lipinski definition) is 1. The van der Waals surface area contributed by atoms with Crippen LogP contribution < -0.4 is 4.74 Å². The highest BCUT2D eigenvalue weighted by Gasteiger charge is 2.05. The molecule has 0 unspecified atom stereocenters. The molecule has 1 aromatic carbocycles. The molecule has 0 aliphatic heterocycles. The molecule has 0 fully saturated rings. The molecule has 90 valence electrons. The first-order valence-electron chi connectivity index (χ1n) is 5.46. The van der Waals surface area contributed by atoms with Crippen LogP contribution in [0.1, 0.15) is 5.56 Å². The number of methoxy groups -OCH3 is 1. The molecule has 0 aliphatic carbocycles. The van der Waals surface area contributed by atoms with Crippen molar-refractivity contribution in [2.45, 2.75) is 6.61 Å². The molecule has 0 bridgehead atoms. The van der Waals surface area contributed by atoms with Gasteiger partial charge in [-0.15, -0.1) is 0 Å². The third-order valence-corrected chi connectivity index (χ3v) is 2.49. The lowest BCUT2D eigenvalue weighted by Crippen LogP contribution is -2.06. The Morgan fingerprint density at radius 2 is 2.06 bits per heavy atom. The molecular formula is C13H15NO3. The molecule has 0 spiro atoms. The normalized spacial score (nSPS) is 10.7. The number of benzene rings is 1. The zero-order valence-corrected chi connectivity index (χ0v) is 9.72. The maximum Gasteiger partial charge on any atom is 0.214 e. The van der Waals surface area contributed by atoms with Crippen molar-refractivity contribution in [3.63, 3.8) is 0 Å². The molecule has 0 saturated heterocycles. The lowest BCUT2D eigenvalue weighted by molar-refractivity contribution is 0.144. The Morgan fingerprint density at radius 3 is 2.82 bits per heavy atom. The minimum Gasteiger partial charge on any atom is -0.475 e. The van der Waals surface area contributed by atoms with E-state index in [0.29, 0.717) is 19.1 Å². The van der Waals surface area contributed by atoms with Crippen molar-refractivity contribution < 1.29 is 14.6 Å². The minimum absolute atomic E-state index is 0.0241. The lowest BCUT2D eigenvalue weighted by atomic mass is 10.1. The summed E-state index contributed by atoms with van der Waals surface area (Å²) in [6.07, 6.45) is 0. The number of hydrogen-bond acceptors (Lipinski definition) is 4. The molecule has 1 aromatic heterocycles. The molecule has 17 heavy (non-hydrogen) atoms. The summed E-state index contributed by atoms with van der Waals surface area (Å²) in [6.45, 7) is 0.944. The van der Waals surface area contributed by atoms with Gasteiger partial charge in [0.15, 0.2) is 0 Å². The number of fused-ring (bicyclic) bond motifs is 1. The number of para-hydroxylation sites is 1. The maximum absolute atomic E-state index is 9.32. The van der Waals surface area contributed by atoms with Gasteiger partial charge in [-0.2, -0.15) is 0 Å². The number of ether oxygens (including phenoxy) is 2. The number of rotatable bonds is 5. The molecule has 0 amide bonds. The van der Waals surface area contributed by atoms with Crippen LogP contribution in [0.25, 0.3) is 10.9 Å². The van der Waals surface area contributed by atoms with E-state index in [9.17, 15) is 5.11 Å². The second-order valence-electron chi connectivity index (χ2n) is 3.64. The van der Waals surface area contributed by atoms with Crippen LogP contribution in [0.3, 0.4) is 0 Å². The Hall–Kier alpha value is -1.65. The molecule has 1 heterocycles. The van der Waals surface area contributed by atoms with Gasteiger partial charge in [0.2, 0.25) is 5.88 Å². The molecule has 0 radical (unpaired) electrons. The number of pyridine rings is 1. The molecule has 4 heteroatoms. The average Bonchev–Trinajstić information content (AvgIpc) is 2.38. The Kier molecular flexibility index (Phi) is 3.90. The van der Waals surface area contributed by atoms with Crippen molar-refractivity contribution in [2.24, 2.45) is 0 Å². The number of nitrogens with zero attached hydrogens (tertiary/aromatic N) is 1. The second-order valence-corrected chi connectivity index (χ2v) is 3.64. The second kappa shape index (κ2) is 5.61. The predicted molar refractivity (Wildman–Crippen MR) is 65.0 cm³/mol. The third-order valence-electron chi connectivity index (χ3n) is 2.49. The fourth-order valence-electron chi connectivity index (χ4n) is 1.65. The van der Waals surface area contributed by atoms with Crippen LogP contribution in [0.5, 0.6) is 5.88 Å². The van der Waals surface area contributed by atoms with Crippen molar-refractivity contribution in [1.82, 2.24) is 4.98 Å². The highest BCUT2D eigenvalue weighted by atomic mass is 16.5. The van der Waals surface area contributed by atoms with Gasteiger partial charge in [-0.25, -0.2) is 4.98 Å². The van der Waals surface area contributed by atoms with Crippen molar-refractivity contribution in [3.05, 3.63) is 35.9 Å². The fourth-order valence-corrected chi connectivity index (χ4v) is 1.65. The Balaban J connectivity index is 2.32. The van der Waals surface area contributed by atoms with Gasteiger partial charge in [0.25, 0.3) is 0 Å². The molecule has 0 saturated carbocycles. The summed E-state index contributed by atoms with van der Waals surface area (Å²) in [4.78, 5) is 4.37. The van der Waals surface area contributed by atoms with Crippen LogP contribution in [0.2, 0.25) is 0 Å². The van der Waals surface area contributed by atoms with Gasteiger partial charge in [-0.05, 0) is 11.6 Å². The average molecular weight is 233 g/mol. The molecule has 2 aromatic rings. The van der Waals surface area contributed by atoms with E-state index in [-0.39, 0.29) is 6.61 Å². The smallest absolute Gasteiger partial charge is 0.214 e. The molecule has 1 N–H and O–H groups in total. The van der Waals surface area contributed by atoms with E-state index >= 15 is 0 Å². The van der Waals surface area contributed by atoms with Crippen LogP contribution in [0, 0.1) is 0 Å². The van der Waals surface area contributed by atoms with Crippen LogP contribution in [0.15, 0.2) is 30.3 Å². The van der Waals surface area contributed by atoms with E-state index in [1.165, 1.54) is 0 Å². The molecule has 0 aliphatic rings. The van der Waals surface area contributed by atoms with E-state index in [1.807, 2.05) is 24.3 Å². The highest BCUT2D eigenvalue weighted by molar-refractivity contribution is 5.82. The highest BCUT2D eigenvalue weighted by Crippen LogP contribution is 2.21. The SMILES string of the molecule is COCCOc1cc(CO)c2ccccc2n1. The summed E-state index contributed by atoms with van der Waals surface area (Å²) >= 11 is 0. The topological polar surface area (TPSA) is 51.6 Å². The van der Waals surface area contributed by atoms with E-state index in [1.54, 1.807) is 13.2 Å². The predicted octanol–water partition coefficient (Wildman–Crippen LogP) is 1.75. The van der Waals surface area contributed by atoms with Gasteiger partial charge in [-0.3, -0.25) is 0 Å². The van der Waals surface area contributed by atoms with E-state index < -0.39 is 0 Å². The van der Waals surface area contributed by atoms with Gasteiger partial charge in [-0.1, -0.05) is 18.2 Å². The zero-order chi connectivity index (χ0) is 12.1. The van der Waals surface area contributed by atoms with Gasteiger partial charge in [0, 0.05) is 18.6 Å². The summed E-state index contributed by atoms with van der Waals surface area (Å²) in [5, 5.41) is 10.3. The summed E-state index contributed by atoms with van der Waals surface area (Å²) in [7, 11) is 1.62. The fraction of sp³-hybridized carbons (Fsp3) is 0.308. The molecule has 4 nitrogen and oxygen atoms in total. The quantitative estimate of drug-likeness (QED) is 0.799. The van der Waals surface area contributed by atoms with E-state index in [0.717, 1.165) is 16.5 Å². The lowest BCUT2D eigenvalue weighted by Gasteiger charge is -2.08. The number of aromatic nitrogens is 1. The van der Waals surface area contributed by atoms with Gasteiger partial charge < -0.3 is 14.6 Å². The Bertz CT molecular complexity index is 499. The van der Waals surface area contributed by atoms with Crippen molar-refractivity contribution in [1.29, 1.82) is 0 Å². The number of aliphatic hydroxyl groups is 1. The monoisotopic (exact) mass is 233 g/mol. The largest absolute Gasteiger partial charge is 0.475 e. The molecule has 2 rings (SSSR count). The zero-order valence-electron chi connectivity index (χ0n) is 9.72. The summed E-state index contributed by atoms with van der Waals surface area (Å²) in [5.41, 5.74) is 1.65. The first kappa shape index (κ1) is 11.8. The summed E-state index contributed by atoms with van der Waals surface area (Å²) < 4.78 is 10.4. The van der Waals surface area contributed by atoms with Crippen LogP contribution in [0.4, 0.5) is 0 Å². The Morgan fingerprint density at radius 1 is 1.24 bits per heavy atom. The van der Waals surface area contributed by atoms with Gasteiger partial charge >= 0.3 is 0 Å². The van der Waals surface area contributed by atoms with Crippen LogP contribution in [-0.4, -0.2) is 30.4 Å². The van der Waals surface area contributed by atoms with Crippen molar-refractivity contribution in [2.75, 3.05) is 20.3 Å². The Labute approximate surface area is 99.8 Å². The van der Waals surface area contributed by atoms with Gasteiger partial charge in [0.1, 0.15) is 6.61 Å². The summed E-state index contributed by atoms with van der Waals surface area (Å²) in [6, 6.07) is 9.44. The molecule has 0 atom stereocenters. The third kappa shape index (κ3) is 2.72. The standard InChI is InChI=1S/C13H15NO3/c1-16-6-7-17-13-8-10(9-15)11-4-2-3-5-12(11)14-13/h2-5,8,15H,6-7,9H2,1H3. The molecular weight excluding hydrogens is 218 g/mol. The first-order chi connectivity index (χ1) is 8.35. The van der Waals surface area contributed by atoms with E-state index in [4.69, 9.17) is 9.47 Å². The maximum atomic E-state index is 9.32. The first-order valence-corrected chi connectivity index (χ1v) is 5.46. The summed E-state index contributed by atoms with van der Waals surface area (Å²) in [5.74, 6) is 0.518. The van der Waals surface area contributed by atoms with Gasteiger partial charge in [0.05, 0.1) is 18.7 Å². The minimum atomic E-state index is -0.0241.